The molecule has 8 nitrogen and oxygen atoms in total. The van der Waals surface area contributed by atoms with Crippen LogP contribution in [-0.2, 0) is 6.61 Å². The van der Waals surface area contributed by atoms with Crippen LogP contribution in [0.4, 0.5) is 5.69 Å². The number of halogens is 3. The molecule has 0 atom stereocenters. The summed E-state index contributed by atoms with van der Waals surface area (Å²) < 4.78 is 9.72. The van der Waals surface area contributed by atoms with Gasteiger partial charge in [0, 0.05) is 16.6 Å². The highest BCUT2D eigenvalue weighted by atomic mass is 127. The van der Waals surface area contributed by atoms with Crippen LogP contribution in [0.25, 0.3) is 10.9 Å². The van der Waals surface area contributed by atoms with Crippen molar-refractivity contribution in [2.45, 2.75) is 13.5 Å². The van der Waals surface area contributed by atoms with E-state index in [1.807, 2.05) is 18.2 Å². The molecule has 11 heteroatoms. The fraction of sp³-hybridized carbons (Fsp3) is 0.0870. The first-order valence-corrected chi connectivity index (χ1v) is 12.8. The zero-order valence-electron chi connectivity index (χ0n) is 17.5. The molecular weight excluding hydrogens is 730 g/mol. The fourth-order valence-electron chi connectivity index (χ4n) is 3.23. The number of hydrogen-bond acceptors (Lipinski definition) is 6. The zero-order valence-corrected chi connectivity index (χ0v) is 23.4. The van der Waals surface area contributed by atoms with Gasteiger partial charge >= 0.3 is 0 Å². The number of nitro benzene ring substituents is 1. The van der Waals surface area contributed by atoms with Gasteiger partial charge in [-0.25, -0.2) is 4.98 Å². The minimum absolute atomic E-state index is 0.0260. The topological polar surface area (TPSA) is 99.6 Å². The molecule has 1 heterocycles. The molecule has 0 fully saturated rings. The van der Waals surface area contributed by atoms with E-state index in [0.717, 1.165) is 17.2 Å². The highest BCUT2D eigenvalue weighted by Crippen LogP contribution is 2.29. The third-order valence-electron chi connectivity index (χ3n) is 4.82. The quantitative estimate of drug-likeness (QED) is 0.104. The maximum atomic E-state index is 12.9. The van der Waals surface area contributed by atoms with Gasteiger partial charge in [-0.2, -0.15) is 9.78 Å². The molecule has 0 aliphatic rings. The molecule has 1 aromatic heterocycles. The summed E-state index contributed by atoms with van der Waals surface area (Å²) in [6.45, 7) is 1.94. The first-order valence-electron chi connectivity index (χ1n) is 9.81. The SMILES string of the molecule is Cc1nc2ccc(Br)cc2c(=O)n1N=Cc1cc(I)c(OCc2cccc([N+](=O)[O-])c2)c(I)c1. The molecule has 0 unspecified atom stereocenters. The summed E-state index contributed by atoms with van der Waals surface area (Å²) in [5.41, 5.74) is 1.89. The smallest absolute Gasteiger partial charge is 0.282 e. The van der Waals surface area contributed by atoms with Gasteiger partial charge in [-0.1, -0.05) is 28.1 Å². The Hall–Kier alpha value is -2.39. The number of fused-ring (bicyclic) bond motifs is 1. The molecule has 0 amide bonds. The Morgan fingerprint density at radius 3 is 2.62 bits per heavy atom. The van der Waals surface area contributed by atoms with Crippen LogP contribution in [0.1, 0.15) is 17.0 Å². The van der Waals surface area contributed by atoms with Crippen LogP contribution in [0.2, 0.25) is 0 Å². The minimum Gasteiger partial charge on any atom is -0.487 e. The van der Waals surface area contributed by atoms with Crippen molar-refractivity contribution < 1.29 is 9.66 Å². The van der Waals surface area contributed by atoms with E-state index < -0.39 is 4.92 Å². The van der Waals surface area contributed by atoms with Crippen LogP contribution < -0.4 is 10.3 Å². The van der Waals surface area contributed by atoms with E-state index in [9.17, 15) is 14.9 Å². The van der Waals surface area contributed by atoms with Crippen molar-refractivity contribution in [1.29, 1.82) is 0 Å². The highest BCUT2D eigenvalue weighted by molar-refractivity contribution is 14.1. The summed E-state index contributed by atoms with van der Waals surface area (Å²) in [6, 6.07) is 15.5. The second-order valence-corrected chi connectivity index (χ2v) is 10.5. The zero-order chi connectivity index (χ0) is 24.4. The molecule has 172 valence electrons. The average Bonchev–Trinajstić information content (AvgIpc) is 2.79. The van der Waals surface area contributed by atoms with E-state index >= 15 is 0 Å². The number of hydrogen-bond donors (Lipinski definition) is 0. The monoisotopic (exact) mass is 744 g/mol. The number of ether oxygens (including phenoxy) is 1. The lowest BCUT2D eigenvalue weighted by Crippen LogP contribution is -2.20. The molecule has 0 aliphatic carbocycles. The second-order valence-electron chi connectivity index (χ2n) is 7.21. The predicted molar refractivity (Wildman–Crippen MR) is 151 cm³/mol. The first kappa shape index (κ1) is 24.7. The Kier molecular flexibility index (Phi) is 7.62. The van der Waals surface area contributed by atoms with Gasteiger partial charge in [0.05, 0.1) is 29.2 Å². The lowest BCUT2D eigenvalue weighted by atomic mass is 10.2. The summed E-state index contributed by atoms with van der Waals surface area (Å²) in [5.74, 6) is 1.16. The van der Waals surface area contributed by atoms with Crippen LogP contribution in [-0.4, -0.2) is 20.8 Å². The molecule has 0 spiro atoms. The van der Waals surface area contributed by atoms with Crippen LogP contribution in [0.3, 0.4) is 0 Å². The Morgan fingerprint density at radius 1 is 1.18 bits per heavy atom. The van der Waals surface area contributed by atoms with Gasteiger partial charge in [-0.3, -0.25) is 14.9 Å². The second kappa shape index (κ2) is 10.5. The van der Waals surface area contributed by atoms with Gasteiger partial charge in [0.15, 0.2) is 0 Å². The number of aryl methyl sites for hydroxylation is 1. The molecule has 0 saturated carbocycles. The Labute approximate surface area is 229 Å². The van der Waals surface area contributed by atoms with Crippen LogP contribution in [0, 0.1) is 24.2 Å². The molecule has 3 aromatic carbocycles. The van der Waals surface area contributed by atoms with E-state index in [2.05, 4.69) is 71.2 Å². The number of non-ortho nitro benzene ring substituents is 1. The number of rotatable bonds is 6. The summed E-state index contributed by atoms with van der Waals surface area (Å²) in [4.78, 5) is 27.9. The maximum Gasteiger partial charge on any atom is 0.282 e. The Bertz CT molecular complexity index is 1500. The Balaban J connectivity index is 1.58. The number of benzene rings is 3. The average molecular weight is 745 g/mol. The summed E-state index contributed by atoms with van der Waals surface area (Å²) in [6.07, 6.45) is 1.61. The van der Waals surface area contributed by atoms with Gasteiger partial charge < -0.3 is 4.74 Å². The van der Waals surface area contributed by atoms with E-state index in [1.165, 1.54) is 16.8 Å². The summed E-state index contributed by atoms with van der Waals surface area (Å²) in [7, 11) is 0. The molecule has 4 rings (SSSR count). The molecular formula is C23H15BrI2N4O4. The molecule has 4 aromatic rings. The van der Waals surface area contributed by atoms with Crippen LogP contribution in [0.5, 0.6) is 5.75 Å². The van der Waals surface area contributed by atoms with Gasteiger partial charge in [0.25, 0.3) is 11.2 Å². The number of nitrogens with zero attached hydrogens (tertiary/aromatic N) is 4. The number of nitro groups is 1. The normalized spacial score (nSPS) is 11.3. The lowest BCUT2D eigenvalue weighted by Gasteiger charge is -2.11. The van der Waals surface area contributed by atoms with E-state index in [-0.39, 0.29) is 17.9 Å². The maximum absolute atomic E-state index is 12.9. The minimum atomic E-state index is -0.428. The van der Waals surface area contributed by atoms with Crippen LogP contribution >= 0.6 is 61.1 Å². The standard InChI is InChI=1S/C23H15BrI2N4O4/c1-13-28-21-6-5-16(24)10-18(21)23(31)29(13)27-11-15-8-19(25)22(20(26)9-15)34-12-14-3-2-4-17(7-14)30(32)33/h2-11H,12H2,1H3. The molecule has 0 saturated heterocycles. The number of aromatic nitrogens is 2. The first-order chi connectivity index (χ1) is 16.2. The largest absolute Gasteiger partial charge is 0.487 e. The van der Waals surface area contributed by atoms with Gasteiger partial charge in [-0.05, 0) is 93.6 Å². The summed E-state index contributed by atoms with van der Waals surface area (Å²) >= 11 is 7.73. The third kappa shape index (κ3) is 5.46. The van der Waals surface area contributed by atoms with Crippen molar-refractivity contribution in [3.05, 3.63) is 104 Å². The van der Waals surface area contributed by atoms with Crippen molar-refractivity contribution >= 4 is 83.9 Å². The van der Waals surface area contributed by atoms with Gasteiger partial charge in [-0.15, -0.1) is 0 Å². The van der Waals surface area contributed by atoms with Crippen molar-refractivity contribution in [3.63, 3.8) is 0 Å². The lowest BCUT2D eigenvalue weighted by molar-refractivity contribution is -0.384. The van der Waals surface area contributed by atoms with E-state index in [1.54, 1.807) is 37.4 Å². The highest BCUT2D eigenvalue weighted by Gasteiger charge is 2.12. The third-order valence-corrected chi connectivity index (χ3v) is 6.91. The van der Waals surface area contributed by atoms with Gasteiger partial charge in [0.2, 0.25) is 0 Å². The molecule has 0 bridgehead atoms. The van der Waals surface area contributed by atoms with Gasteiger partial charge in [0.1, 0.15) is 18.2 Å². The van der Waals surface area contributed by atoms with Crippen molar-refractivity contribution in [2.24, 2.45) is 5.10 Å². The molecule has 34 heavy (non-hydrogen) atoms. The predicted octanol–water partition coefficient (Wildman–Crippen LogP) is 6.05. The van der Waals surface area contributed by atoms with Crippen molar-refractivity contribution in [2.75, 3.05) is 0 Å². The Morgan fingerprint density at radius 2 is 1.91 bits per heavy atom. The fourth-order valence-corrected chi connectivity index (χ4v) is 5.72. The van der Waals surface area contributed by atoms with Crippen molar-refractivity contribution in [3.8, 4) is 5.75 Å². The molecule has 0 N–H and O–H groups in total. The van der Waals surface area contributed by atoms with E-state index in [0.29, 0.717) is 28.0 Å². The molecule has 0 aliphatic heterocycles. The van der Waals surface area contributed by atoms with Crippen molar-refractivity contribution in [1.82, 2.24) is 9.66 Å². The molecule has 0 radical (unpaired) electrons. The summed E-state index contributed by atoms with van der Waals surface area (Å²) in [5, 5.41) is 15.8. The van der Waals surface area contributed by atoms with E-state index in [4.69, 9.17) is 4.74 Å². The van der Waals surface area contributed by atoms with Crippen LogP contribution in [0.15, 0.2) is 69.0 Å².